The second-order valence-electron chi connectivity index (χ2n) is 16.7. The molecule has 6 aromatic carbocycles. The van der Waals surface area contributed by atoms with Gasteiger partial charge in [0.25, 0.3) is 0 Å². The summed E-state index contributed by atoms with van der Waals surface area (Å²) in [5, 5.41) is 10.7. The van der Waals surface area contributed by atoms with Crippen molar-refractivity contribution in [1.82, 2.24) is 29.9 Å². The molecule has 13 rings (SSSR count). The van der Waals surface area contributed by atoms with E-state index in [0.717, 1.165) is 39.3 Å². The lowest BCUT2D eigenvalue weighted by molar-refractivity contribution is -0.281. The van der Waals surface area contributed by atoms with Crippen molar-refractivity contribution in [2.24, 2.45) is 29.1 Å². The second-order valence-corrected chi connectivity index (χ2v) is 16.7. The Bertz CT molecular complexity index is 2850. The molecule has 0 saturated heterocycles. The zero-order valence-electron chi connectivity index (χ0n) is 32.1. The van der Waals surface area contributed by atoms with Gasteiger partial charge in [0.05, 0.1) is 11.6 Å². The quantitative estimate of drug-likeness (QED) is 0.152. The van der Waals surface area contributed by atoms with E-state index in [9.17, 15) is 5.26 Å². The molecule has 5 fully saturated rings. The summed E-state index contributed by atoms with van der Waals surface area (Å²) in [6, 6.07) is 58.2. The Morgan fingerprint density at radius 1 is 0.441 bits per heavy atom. The van der Waals surface area contributed by atoms with Crippen molar-refractivity contribution >= 4 is 0 Å². The lowest BCUT2D eigenvalue weighted by Crippen LogP contribution is -2.78. The average molecular weight is 760 g/mol. The second kappa shape index (κ2) is 12.9. The highest BCUT2D eigenvalue weighted by Gasteiger charge is 2.88. The minimum atomic E-state index is -0.275. The third-order valence-electron chi connectivity index (χ3n) is 14.0. The van der Waals surface area contributed by atoms with Crippen molar-refractivity contribution < 1.29 is 0 Å². The molecule has 59 heavy (non-hydrogen) atoms. The van der Waals surface area contributed by atoms with Crippen LogP contribution in [0.4, 0.5) is 0 Å². The number of hydrogen-bond acceptors (Lipinski definition) is 7. The van der Waals surface area contributed by atoms with Crippen molar-refractivity contribution in [1.29, 1.82) is 5.26 Å². The maximum absolute atomic E-state index is 10.7. The van der Waals surface area contributed by atoms with E-state index in [1.165, 1.54) is 30.4 Å². The van der Waals surface area contributed by atoms with Gasteiger partial charge >= 0.3 is 0 Å². The molecule has 7 nitrogen and oxygen atoms in total. The molecule has 5 saturated carbocycles. The van der Waals surface area contributed by atoms with Crippen molar-refractivity contribution in [2.45, 2.75) is 24.7 Å². The van der Waals surface area contributed by atoms with E-state index in [2.05, 4.69) is 42.5 Å². The Kier molecular flexibility index (Phi) is 7.43. The first-order valence-corrected chi connectivity index (χ1v) is 20.5. The molecule has 5 aliphatic rings. The van der Waals surface area contributed by atoms with Crippen LogP contribution in [0.5, 0.6) is 0 Å². The van der Waals surface area contributed by atoms with E-state index < -0.39 is 0 Å². The van der Waals surface area contributed by atoms with Crippen LogP contribution < -0.4 is 0 Å². The van der Waals surface area contributed by atoms with Gasteiger partial charge in [-0.2, -0.15) is 5.26 Å². The molecule has 8 aromatic rings. The van der Waals surface area contributed by atoms with Crippen molar-refractivity contribution in [3.8, 4) is 74.4 Å². The van der Waals surface area contributed by atoms with E-state index in [0.29, 0.717) is 63.7 Å². The Balaban J connectivity index is 1.04. The van der Waals surface area contributed by atoms with Crippen LogP contribution in [0.15, 0.2) is 164 Å². The Morgan fingerprint density at radius 3 is 1.36 bits per heavy atom. The van der Waals surface area contributed by atoms with Crippen LogP contribution >= 0.6 is 0 Å². The van der Waals surface area contributed by atoms with E-state index in [1.54, 1.807) is 0 Å². The van der Waals surface area contributed by atoms with Gasteiger partial charge in [0.1, 0.15) is 0 Å². The number of nitrogens with zero attached hydrogens (tertiary/aromatic N) is 7. The van der Waals surface area contributed by atoms with Crippen LogP contribution in [0.1, 0.15) is 36.0 Å². The summed E-state index contributed by atoms with van der Waals surface area (Å²) >= 11 is 0. The molecule has 0 radical (unpaired) electrons. The van der Waals surface area contributed by atoms with E-state index >= 15 is 0 Å². The first-order valence-electron chi connectivity index (χ1n) is 20.5. The first-order chi connectivity index (χ1) is 29.1. The summed E-state index contributed by atoms with van der Waals surface area (Å²) < 4.78 is 0. The fraction of sp³-hybridized carbons (Fsp3) is 0.173. The molecule has 6 atom stereocenters. The van der Waals surface area contributed by atoms with Gasteiger partial charge in [-0.1, -0.05) is 140 Å². The summed E-state index contributed by atoms with van der Waals surface area (Å²) in [7, 11) is 0. The summed E-state index contributed by atoms with van der Waals surface area (Å²) in [5.41, 5.74) is 8.66. The van der Waals surface area contributed by atoms with Gasteiger partial charge in [-0.3, -0.25) is 0 Å². The molecular weight excluding hydrogens is 723 g/mol. The highest BCUT2D eigenvalue weighted by atomic mass is 15.0. The van der Waals surface area contributed by atoms with E-state index in [-0.39, 0.29) is 5.41 Å². The fourth-order valence-corrected chi connectivity index (χ4v) is 11.8. The predicted molar refractivity (Wildman–Crippen MR) is 228 cm³/mol. The maximum Gasteiger partial charge on any atom is 0.164 e. The standard InChI is InChI=1S/C52H37N7/c53-31-32-24-38(50-58-47(35-18-9-3-10-19-35)55-48(59-50)36-20-11-4-12-21-36)27-42(25-32)52(43-29-41-28-39-30-51(41,43)44(39)52)40-23-13-22-37(26-40)49-56-45(33-14-5-1-6-15-33)54-46(57-49)34-16-7-2-8-17-34/h1-27,39,41,43-44H,28-30H2/t39?,41?,43?,44-,51?,52?/m0/s1. The van der Waals surface area contributed by atoms with Crippen molar-refractivity contribution in [3.63, 3.8) is 0 Å². The van der Waals surface area contributed by atoms with Gasteiger partial charge in [0.15, 0.2) is 34.9 Å². The third kappa shape index (κ3) is 4.99. The zero-order chi connectivity index (χ0) is 39.1. The number of benzene rings is 6. The molecule has 0 N–H and O–H groups in total. The van der Waals surface area contributed by atoms with Crippen LogP contribution in [0, 0.1) is 40.4 Å². The number of nitriles is 1. The topological polar surface area (TPSA) is 101 Å². The maximum atomic E-state index is 10.7. The Labute approximate surface area is 342 Å². The lowest BCUT2D eigenvalue weighted by Gasteiger charge is -2.81. The molecule has 2 aromatic heterocycles. The van der Waals surface area contributed by atoms with Gasteiger partial charge in [-0.25, -0.2) is 29.9 Å². The third-order valence-corrected chi connectivity index (χ3v) is 14.0. The average Bonchev–Trinajstić information content (AvgIpc) is 3.65. The monoisotopic (exact) mass is 759 g/mol. The Morgan fingerprint density at radius 2 is 0.881 bits per heavy atom. The van der Waals surface area contributed by atoms with E-state index in [4.69, 9.17) is 29.9 Å². The largest absolute Gasteiger partial charge is 0.208 e. The molecule has 2 heterocycles. The van der Waals surface area contributed by atoms with Crippen LogP contribution in [0.2, 0.25) is 0 Å². The molecule has 0 amide bonds. The van der Waals surface area contributed by atoms with Gasteiger partial charge in [0, 0.05) is 38.8 Å². The minimum absolute atomic E-state index is 0.275. The number of rotatable bonds is 8. The van der Waals surface area contributed by atoms with Gasteiger partial charge in [-0.05, 0) is 83.7 Å². The van der Waals surface area contributed by atoms with Crippen LogP contribution in [-0.4, -0.2) is 29.9 Å². The first kappa shape index (κ1) is 33.9. The Hall–Kier alpha value is -7.17. The van der Waals surface area contributed by atoms with Gasteiger partial charge in [0.2, 0.25) is 0 Å². The summed E-state index contributed by atoms with van der Waals surface area (Å²) in [6.07, 6.45) is 3.82. The summed E-state index contributed by atoms with van der Waals surface area (Å²) in [5.74, 6) is 6.14. The summed E-state index contributed by atoms with van der Waals surface area (Å²) in [4.78, 5) is 30.3. The molecular formula is C52H37N7. The van der Waals surface area contributed by atoms with Crippen LogP contribution in [-0.2, 0) is 5.41 Å². The highest BCUT2D eigenvalue weighted by molar-refractivity contribution is 5.71. The SMILES string of the molecule is N#Cc1cc(-c2nc(-c3ccccc3)nc(-c3ccccc3)n2)cc(C2(c3cccc(-c4nc(-c5ccccc5)nc(-c5ccccc5)n4)c3)C3CC4CC5CC43[C@H]52)c1. The van der Waals surface area contributed by atoms with Crippen LogP contribution in [0.25, 0.3) is 68.3 Å². The highest BCUT2D eigenvalue weighted by Crippen LogP contribution is 2.92. The molecule has 2 bridgehead atoms. The van der Waals surface area contributed by atoms with Crippen molar-refractivity contribution in [2.75, 3.05) is 0 Å². The molecule has 5 aliphatic carbocycles. The molecule has 5 unspecified atom stereocenters. The predicted octanol–water partition coefficient (Wildman–Crippen LogP) is 10.9. The lowest BCUT2D eigenvalue weighted by atomic mass is 9.22. The van der Waals surface area contributed by atoms with Gasteiger partial charge < -0.3 is 0 Å². The normalized spacial score (nSPS) is 24.2. The van der Waals surface area contributed by atoms with Gasteiger partial charge in [-0.15, -0.1) is 0 Å². The molecule has 1 spiro atoms. The minimum Gasteiger partial charge on any atom is -0.208 e. The number of hydrogen-bond donors (Lipinski definition) is 0. The smallest absolute Gasteiger partial charge is 0.164 e. The zero-order valence-corrected chi connectivity index (χ0v) is 32.1. The van der Waals surface area contributed by atoms with Crippen molar-refractivity contribution in [3.05, 3.63) is 180 Å². The summed E-state index contributed by atoms with van der Waals surface area (Å²) in [6.45, 7) is 0. The molecule has 280 valence electrons. The molecule has 7 heteroatoms. The van der Waals surface area contributed by atoms with E-state index in [1.807, 2.05) is 127 Å². The van der Waals surface area contributed by atoms with Crippen LogP contribution in [0.3, 0.4) is 0 Å². The number of aromatic nitrogens is 6. The fourth-order valence-electron chi connectivity index (χ4n) is 11.8. The molecule has 0 aliphatic heterocycles.